The molecule has 0 saturated carbocycles. The minimum atomic E-state index is -0.935. The highest BCUT2D eigenvalue weighted by atomic mass is 16.4. The zero-order valence-corrected chi connectivity index (χ0v) is 9.87. The summed E-state index contributed by atoms with van der Waals surface area (Å²) in [5, 5.41) is 18.5. The summed E-state index contributed by atoms with van der Waals surface area (Å²) in [6, 6.07) is 5.40. The fourth-order valence-electron chi connectivity index (χ4n) is 2.20. The van der Waals surface area contributed by atoms with Crippen molar-refractivity contribution in [3.05, 3.63) is 29.8 Å². The third kappa shape index (κ3) is 2.68. The van der Waals surface area contributed by atoms with Crippen molar-refractivity contribution in [3.63, 3.8) is 0 Å². The summed E-state index contributed by atoms with van der Waals surface area (Å²) in [4.78, 5) is 24.3. The average Bonchev–Trinajstić information content (AvgIpc) is 2.34. The number of phenolic OH excluding ortho intramolecular Hbond substituents is 1. The van der Waals surface area contributed by atoms with Gasteiger partial charge in [-0.05, 0) is 17.7 Å². The van der Waals surface area contributed by atoms with Crippen molar-refractivity contribution in [2.75, 3.05) is 13.1 Å². The summed E-state index contributed by atoms with van der Waals surface area (Å²) in [6.45, 7) is 0.938. The van der Waals surface area contributed by atoms with Gasteiger partial charge in [0, 0.05) is 25.9 Å². The summed E-state index contributed by atoms with van der Waals surface area (Å²) in [5.74, 6) is -0.646. The molecule has 1 aromatic carbocycles. The van der Waals surface area contributed by atoms with Gasteiger partial charge in [0.05, 0.1) is 0 Å². The van der Waals surface area contributed by atoms with Crippen LogP contribution in [0, 0.1) is 0 Å². The monoisotopic (exact) mass is 249 g/mol. The van der Waals surface area contributed by atoms with Crippen molar-refractivity contribution in [3.8, 4) is 5.75 Å². The van der Waals surface area contributed by atoms with E-state index in [9.17, 15) is 19.8 Å². The maximum atomic E-state index is 11.4. The number of carboxylic acid groups (broad SMARTS) is 1. The van der Waals surface area contributed by atoms with Crippen molar-refractivity contribution in [1.82, 2.24) is 4.90 Å². The van der Waals surface area contributed by atoms with Crippen molar-refractivity contribution in [1.29, 1.82) is 0 Å². The Balaban J connectivity index is 2.20. The van der Waals surface area contributed by atoms with Crippen molar-refractivity contribution in [2.24, 2.45) is 0 Å². The molecule has 1 aliphatic heterocycles. The van der Waals surface area contributed by atoms with Crippen LogP contribution in [0.1, 0.15) is 24.4 Å². The minimum absolute atomic E-state index is 0.108. The molecule has 1 aromatic rings. The summed E-state index contributed by atoms with van der Waals surface area (Å²) < 4.78 is 0. The Morgan fingerprint density at radius 2 is 1.72 bits per heavy atom. The third-order valence-electron chi connectivity index (χ3n) is 3.16. The highest BCUT2D eigenvalue weighted by molar-refractivity contribution is 5.80. The summed E-state index contributed by atoms with van der Waals surface area (Å²) >= 11 is 0. The van der Waals surface area contributed by atoms with Gasteiger partial charge in [0.15, 0.2) is 0 Å². The van der Waals surface area contributed by atoms with Crippen LogP contribution in [0.3, 0.4) is 0 Å². The Morgan fingerprint density at radius 3 is 2.22 bits per heavy atom. The van der Waals surface area contributed by atoms with E-state index in [1.807, 2.05) is 0 Å². The van der Waals surface area contributed by atoms with Crippen LogP contribution < -0.4 is 0 Å². The molecule has 96 valence electrons. The number of Topliss-reactive ketones (excluding diaryl/α,β-unsaturated/α-hetero) is 1. The molecule has 0 bridgehead atoms. The number of carbonyl (C=O) groups excluding carboxylic acids is 1. The molecule has 0 spiro atoms. The number of aliphatic carboxylic acids is 1. The number of phenols is 1. The van der Waals surface area contributed by atoms with Crippen LogP contribution in [0.15, 0.2) is 24.3 Å². The van der Waals surface area contributed by atoms with Gasteiger partial charge in [0.1, 0.15) is 17.6 Å². The highest BCUT2D eigenvalue weighted by Crippen LogP contribution is 2.25. The normalized spacial score (nSPS) is 18.6. The molecule has 5 heteroatoms. The zero-order chi connectivity index (χ0) is 13.1. The number of rotatable bonds is 3. The molecule has 0 radical (unpaired) electrons. The first-order valence-electron chi connectivity index (χ1n) is 5.85. The van der Waals surface area contributed by atoms with Gasteiger partial charge in [0.25, 0.3) is 0 Å². The van der Waals surface area contributed by atoms with E-state index in [4.69, 9.17) is 0 Å². The maximum Gasteiger partial charge on any atom is 0.325 e. The molecule has 5 nitrogen and oxygen atoms in total. The molecular formula is C13H15NO4. The molecule has 0 aromatic heterocycles. The van der Waals surface area contributed by atoms with Gasteiger partial charge < -0.3 is 10.2 Å². The molecule has 2 rings (SSSR count). The summed E-state index contributed by atoms with van der Waals surface area (Å²) in [5.41, 5.74) is 0.620. The number of likely N-dealkylation sites (tertiary alicyclic amines) is 1. The molecule has 18 heavy (non-hydrogen) atoms. The topological polar surface area (TPSA) is 77.8 Å². The lowest BCUT2D eigenvalue weighted by molar-refractivity contribution is -0.145. The Kier molecular flexibility index (Phi) is 3.62. The van der Waals surface area contributed by atoms with E-state index in [1.54, 1.807) is 17.0 Å². The number of carboxylic acids is 1. The molecule has 1 unspecified atom stereocenters. The van der Waals surface area contributed by atoms with E-state index < -0.39 is 12.0 Å². The van der Waals surface area contributed by atoms with Gasteiger partial charge in [0.2, 0.25) is 0 Å². The second-order valence-electron chi connectivity index (χ2n) is 4.41. The SMILES string of the molecule is O=C1CCN(C(C(=O)O)c2ccc(O)cc2)CC1. The molecule has 1 aliphatic rings. The Bertz CT molecular complexity index is 445. The second-order valence-corrected chi connectivity index (χ2v) is 4.41. The zero-order valence-electron chi connectivity index (χ0n) is 9.87. The van der Waals surface area contributed by atoms with Crippen LogP contribution in [0.2, 0.25) is 0 Å². The molecule has 2 N–H and O–H groups in total. The lowest BCUT2D eigenvalue weighted by Crippen LogP contribution is -2.40. The number of benzene rings is 1. The van der Waals surface area contributed by atoms with Crippen LogP contribution in [0.5, 0.6) is 5.75 Å². The highest BCUT2D eigenvalue weighted by Gasteiger charge is 2.30. The fraction of sp³-hybridized carbons (Fsp3) is 0.385. The maximum absolute atomic E-state index is 11.4. The number of nitrogens with zero attached hydrogens (tertiary/aromatic N) is 1. The van der Waals surface area contributed by atoms with Gasteiger partial charge >= 0.3 is 5.97 Å². The number of hydrogen-bond donors (Lipinski definition) is 2. The van der Waals surface area contributed by atoms with E-state index in [1.165, 1.54) is 12.1 Å². The lowest BCUT2D eigenvalue weighted by atomic mass is 10.0. The molecule has 1 saturated heterocycles. The first kappa shape index (κ1) is 12.6. The van der Waals surface area contributed by atoms with Crippen LogP contribution in [0.25, 0.3) is 0 Å². The van der Waals surface area contributed by atoms with Gasteiger partial charge in [-0.25, -0.2) is 0 Å². The summed E-state index contributed by atoms with van der Waals surface area (Å²) in [7, 11) is 0. The first-order chi connectivity index (χ1) is 8.58. The first-order valence-corrected chi connectivity index (χ1v) is 5.85. The molecular weight excluding hydrogens is 234 g/mol. The quantitative estimate of drug-likeness (QED) is 0.841. The number of aromatic hydroxyl groups is 1. The van der Waals surface area contributed by atoms with Crippen molar-refractivity contribution < 1.29 is 19.8 Å². The number of ketones is 1. The Morgan fingerprint density at radius 1 is 1.17 bits per heavy atom. The molecule has 0 aliphatic carbocycles. The van der Waals surface area contributed by atoms with Gasteiger partial charge in [-0.2, -0.15) is 0 Å². The molecule has 1 atom stereocenters. The molecule has 1 fully saturated rings. The van der Waals surface area contributed by atoms with E-state index >= 15 is 0 Å². The van der Waals surface area contributed by atoms with Crippen molar-refractivity contribution >= 4 is 11.8 Å². The fourth-order valence-corrected chi connectivity index (χ4v) is 2.20. The largest absolute Gasteiger partial charge is 0.508 e. The third-order valence-corrected chi connectivity index (χ3v) is 3.16. The predicted molar refractivity (Wildman–Crippen MR) is 64.3 cm³/mol. The van der Waals surface area contributed by atoms with Crippen LogP contribution in [0.4, 0.5) is 0 Å². The number of carbonyl (C=O) groups is 2. The van der Waals surface area contributed by atoms with Crippen LogP contribution in [-0.4, -0.2) is 40.0 Å². The Labute approximate surface area is 105 Å². The lowest BCUT2D eigenvalue weighted by Gasteiger charge is -2.31. The van der Waals surface area contributed by atoms with Gasteiger partial charge in [-0.3, -0.25) is 14.5 Å². The van der Waals surface area contributed by atoms with Crippen molar-refractivity contribution in [2.45, 2.75) is 18.9 Å². The van der Waals surface area contributed by atoms with Crippen LogP contribution >= 0.6 is 0 Å². The average molecular weight is 249 g/mol. The molecule has 0 amide bonds. The standard InChI is InChI=1S/C13H15NO4/c15-10-3-1-9(2-4-10)12(13(17)18)14-7-5-11(16)6-8-14/h1-4,12,15H,5-8H2,(H,17,18). The Hall–Kier alpha value is -1.88. The minimum Gasteiger partial charge on any atom is -0.508 e. The summed E-state index contributed by atoms with van der Waals surface area (Å²) in [6.07, 6.45) is 0.809. The second kappa shape index (κ2) is 5.18. The van der Waals surface area contributed by atoms with Crippen LogP contribution in [-0.2, 0) is 9.59 Å². The van der Waals surface area contributed by atoms with E-state index in [0.717, 1.165) is 0 Å². The van der Waals surface area contributed by atoms with E-state index in [0.29, 0.717) is 31.5 Å². The smallest absolute Gasteiger partial charge is 0.325 e. The van der Waals surface area contributed by atoms with Gasteiger partial charge in [-0.15, -0.1) is 0 Å². The predicted octanol–water partition coefficient (Wildman–Crippen LogP) is 1.18. The van der Waals surface area contributed by atoms with E-state index in [-0.39, 0.29) is 11.5 Å². The number of piperidine rings is 1. The number of hydrogen-bond acceptors (Lipinski definition) is 4. The molecule has 1 heterocycles. The van der Waals surface area contributed by atoms with E-state index in [2.05, 4.69) is 0 Å². The van der Waals surface area contributed by atoms with Gasteiger partial charge in [-0.1, -0.05) is 12.1 Å².